The normalized spacial score (nSPS) is 12.2. The Morgan fingerprint density at radius 3 is 1.12 bits per heavy atom. The number of benzene rings is 15. The fourth-order valence-corrected chi connectivity index (χ4v) is 25.3. The van der Waals surface area contributed by atoms with E-state index >= 15 is 0 Å². The molecular formula is C115H85Ir5N10O4S3Se-5. The van der Waals surface area contributed by atoms with E-state index in [2.05, 4.69) is 200 Å². The Morgan fingerprint density at radius 1 is 0.290 bits per heavy atom. The summed E-state index contributed by atoms with van der Waals surface area (Å²) in [6, 6.07) is 128. The summed E-state index contributed by atoms with van der Waals surface area (Å²) in [4.78, 5) is 2.54. The molecule has 0 saturated carbocycles. The summed E-state index contributed by atoms with van der Waals surface area (Å²) in [5.74, 6) is 0. The van der Waals surface area contributed by atoms with Crippen LogP contribution in [0, 0.1) is 99.6 Å². The first-order valence-corrected chi connectivity index (χ1v) is 49.0. The number of hydrogen-bond donors (Lipinski definition) is 0. The topological polar surface area (TPSA) is 153 Å². The Labute approximate surface area is 881 Å². The van der Waals surface area contributed by atoms with Gasteiger partial charge in [-0.3, -0.25) is 18.7 Å². The van der Waals surface area contributed by atoms with Crippen molar-refractivity contribution in [2.75, 3.05) is 0 Å². The molecule has 693 valence electrons. The first kappa shape index (κ1) is 99.3. The summed E-state index contributed by atoms with van der Waals surface area (Å²) >= 11 is 2.26. The maximum absolute atomic E-state index is 12.8. The average Bonchev–Trinajstić information content (AvgIpc) is 1.58. The quantitative estimate of drug-likeness (QED) is 0.0961. The summed E-state index contributed by atoms with van der Waals surface area (Å²) in [5.41, 5.74) is 32.0. The van der Waals surface area contributed by atoms with Gasteiger partial charge in [-0.1, -0.05) is 97.1 Å². The molecule has 8 aromatic heterocycles. The van der Waals surface area contributed by atoms with E-state index in [4.69, 9.17) is 29.9 Å². The van der Waals surface area contributed by atoms with Crippen LogP contribution in [0.4, 0.5) is 0 Å². The van der Waals surface area contributed by atoms with Gasteiger partial charge in [-0.25, -0.2) is 12.6 Å². The van der Waals surface area contributed by atoms with Crippen LogP contribution in [0.25, 0.3) is 168 Å². The molecule has 10 heterocycles. The predicted molar refractivity (Wildman–Crippen MR) is 540 cm³/mol. The number of sulfone groups is 1. The molecule has 14 nitrogen and oxygen atoms in total. The zero-order valence-electron chi connectivity index (χ0n) is 76.2. The van der Waals surface area contributed by atoms with Crippen molar-refractivity contribution < 1.29 is 118 Å². The second kappa shape index (κ2) is 41.7. The number of nitrogens with zero attached hydrogens (tertiary/aromatic N) is 10. The van der Waals surface area contributed by atoms with Crippen LogP contribution in [0.5, 0.6) is 0 Å². The van der Waals surface area contributed by atoms with Gasteiger partial charge < -0.3 is 4.42 Å². The summed E-state index contributed by atoms with van der Waals surface area (Å²) in [6.07, 6.45) is 0. The maximum Gasteiger partial charge on any atom is 0.207 e. The first-order chi connectivity index (χ1) is 64.8. The van der Waals surface area contributed by atoms with Crippen LogP contribution in [0.1, 0.15) is 56.9 Å². The monoisotopic (exact) mass is 2810 g/mol. The number of aryl methyl sites for hydroxylation is 5. The van der Waals surface area contributed by atoms with Crippen molar-refractivity contribution in [3.05, 3.63) is 421 Å². The second-order valence-electron chi connectivity index (χ2n) is 33.1. The fourth-order valence-electron chi connectivity index (χ4n) is 18.9. The number of furan rings is 1. The van der Waals surface area contributed by atoms with Gasteiger partial charge in [0, 0.05) is 193 Å². The SMILES string of the molecule is Cc1nn(-c2[c-]cccc2)c(C)c1-c1ccc2[se]c3ccccc3c2c1.Cc1nn(-c2[c-]cccc2)c(C)c1-c1ccc2c(c1)-c1ccccc1S2(=O)=O.Cc1nn(-c2[c-]cccc2)c(C)c1-c1ccc2c(c1)-c1ccccc1S2=O.Cc1nn(-c2[c-]cccc2)c(C)c1-c1ccc2oc3ccccc3c2c1.Cc1nn(-c2[c-]cccc2)c(C)c1-c1ccc2sc3ccccc3c2c1.[Ir].[Ir].[Ir].[Ir].[Ir]. The molecule has 23 aromatic rings. The van der Waals surface area contributed by atoms with Gasteiger partial charge in [0.1, 0.15) is 11.2 Å². The minimum atomic E-state index is -3.45. The van der Waals surface area contributed by atoms with Crippen LogP contribution >= 0.6 is 11.3 Å². The van der Waals surface area contributed by atoms with Crippen LogP contribution in [0.2, 0.25) is 0 Å². The van der Waals surface area contributed by atoms with Gasteiger partial charge in [-0.2, -0.15) is 117 Å². The molecule has 0 saturated heterocycles. The number of rotatable bonds is 10. The molecule has 2 aliphatic rings. The Bertz CT molecular complexity index is 8170. The van der Waals surface area contributed by atoms with Gasteiger partial charge in [-0.15, -0.1) is 35.6 Å². The molecule has 1 unspecified atom stereocenters. The molecule has 138 heavy (non-hydrogen) atoms. The molecule has 0 fully saturated rings. The van der Waals surface area contributed by atoms with Crippen LogP contribution < -0.4 is 0 Å². The third kappa shape index (κ3) is 18.4. The second-order valence-corrected chi connectivity index (χ2v) is 39.8. The average molecular weight is 2810 g/mol. The van der Waals surface area contributed by atoms with Crippen molar-refractivity contribution in [1.82, 2.24) is 48.9 Å². The van der Waals surface area contributed by atoms with Crippen LogP contribution in [0.15, 0.2) is 358 Å². The molecule has 0 N–H and O–H groups in total. The van der Waals surface area contributed by atoms with Crippen molar-refractivity contribution in [2.45, 2.75) is 88.8 Å². The largest absolute Gasteiger partial charge is 0.456 e. The number of aromatic nitrogens is 10. The molecule has 0 amide bonds. The van der Waals surface area contributed by atoms with E-state index in [1.54, 1.807) is 18.2 Å². The summed E-state index contributed by atoms with van der Waals surface area (Å²) < 4.78 is 59.7. The summed E-state index contributed by atoms with van der Waals surface area (Å²) in [6.45, 7) is 20.7. The molecule has 0 aliphatic carbocycles. The van der Waals surface area contributed by atoms with Gasteiger partial charge in [0.25, 0.3) is 0 Å². The van der Waals surface area contributed by atoms with E-state index in [1.165, 1.54) is 61.7 Å². The number of para-hydroxylation sites is 6. The molecule has 25 rings (SSSR count). The van der Waals surface area contributed by atoms with E-state index in [0.29, 0.717) is 24.3 Å². The molecule has 2 aliphatic heterocycles. The van der Waals surface area contributed by atoms with Crippen molar-refractivity contribution in [1.29, 1.82) is 0 Å². The van der Waals surface area contributed by atoms with Crippen LogP contribution in [0.3, 0.4) is 0 Å². The zero-order valence-corrected chi connectivity index (χ0v) is 92.3. The van der Waals surface area contributed by atoms with E-state index < -0.39 is 20.6 Å². The Hall–Kier alpha value is -11.8. The summed E-state index contributed by atoms with van der Waals surface area (Å²) in [7, 11) is -4.55. The van der Waals surface area contributed by atoms with Gasteiger partial charge in [0.15, 0.2) is 0 Å². The molecule has 1 atom stereocenters. The van der Waals surface area contributed by atoms with Crippen LogP contribution in [-0.2, 0) is 121 Å². The molecule has 5 radical (unpaired) electrons. The first-order valence-electron chi connectivity index (χ1n) is 43.9. The van der Waals surface area contributed by atoms with E-state index in [-0.39, 0.29) is 101 Å². The molecule has 15 aromatic carbocycles. The predicted octanol–water partition coefficient (Wildman–Crippen LogP) is 27.4. The van der Waals surface area contributed by atoms with E-state index in [9.17, 15) is 12.6 Å². The Kier molecular flexibility index (Phi) is 30.0. The van der Waals surface area contributed by atoms with E-state index in [1.807, 2.05) is 250 Å². The van der Waals surface area contributed by atoms with Gasteiger partial charge in [0.2, 0.25) is 9.84 Å². The maximum atomic E-state index is 12.8. The van der Waals surface area contributed by atoms with Crippen LogP contribution in [-0.4, -0.2) is 76.0 Å². The third-order valence-electron chi connectivity index (χ3n) is 24.9. The zero-order chi connectivity index (χ0) is 91.0. The number of thiophene rings is 1. The Morgan fingerprint density at radius 2 is 0.630 bits per heavy atom. The van der Waals surface area contributed by atoms with Crippen molar-refractivity contribution in [3.8, 4) is 106 Å². The van der Waals surface area contributed by atoms with Gasteiger partial charge in [0.05, 0.1) is 53.2 Å². The van der Waals surface area contributed by atoms with Crippen molar-refractivity contribution in [2.24, 2.45) is 0 Å². The molecule has 23 heteroatoms. The van der Waals surface area contributed by atoms with Crippen molar-refractivity contribution in [3.63, 3.8) is 0 Å². The number of fused-ring (bicyclic) bond motifs is 15. The van der Waals surface area contributed by atoms with Gasteiger partial charge >= 0.3 is 158 Å². The van der Waals surface area contributed by atoms with Gasteiger partial charge in [-0.05, 0) is 179 Å². The Balaban J connectivity index is 0.000000124. The smallest absolute Gasteiger partial charge is 0.207 e. The molecular weight excluding hydrogens is 2720 g/mol. The summed E-state index contributed by atoms with van der Waals surface area (Å²) in [5, 5.41) is 31.4. The molecule has 0 spiro atoms. The minimum Gasteiger partial charge on any atom is -0.456 e. The molecule has 0 bridgehead atoms. The minimum absolute atomic E-state index is 0. The number of hydrogen-bond acceptors (Lipinski definition) is 10. The third-order valence-corrected chi connectivity index (χ3v) is 31.9. The fraction of sp³-hybridized carbons (Fsp3) is 0.0870. The van der Waals surface area contributed by atoms with E-state index in [0.717, 1.165) is 173 Å². The van der Waals surface area contributed by atoms with Crippen molar-refractivity contribution >= 4 is 108 Å². The standard InChI is InChI=1S/C23H17N2O2S.C23H17N2OS.C23H17N2O.C23H17N2S.C23H17N2Se.5Ir/c1-15-23(16(2)25(24-15)18-8-4-3-5-9-18)17-12-13-22-20(14-17)19-10-6-7-11-21(19)28(22,26)27;1-15-23(16(2)25(24-15)18-8-4-3-5-9-18)17-12-13-22-20(14-17)19-10-6-7-11-21(19)27(22)26;3*1-15-23(16(2)25(24-15)18-8-4-3-5-9-18)17-12-13-22-20(14-17)19-10-6-7-11-21(19)26-22;;;;;/h3-8,10-14H,1-2H3;3-8,10-14H,1-2H3;3*3-8,10-14H,1-2H3;;;;;/q5*-1;;;;;.